The molecule has 22 heavy (non-hydrogen) atoms. The summed E-state index contributed by atoms with van der Waals surface area (Å²) in [7, 11) is 0. The minimum atomic E-state index is -0.252. The molecule has 0 radical (unpaired) electrons. The van der Waals surface area contributed by atoms with Crippen molar-refractivity contribution in [1.82, 2.24) is 5.32 Å². The van der Waals surface area contributed by atoms with Gasteiger partial charge in [-0.05, 0) is 42.7 Å². The number of nitrogens with one attached hydrogen (secondary N) is 2. The lowest BCUT2D eigenvalue weighted by molar-refractivity contribution is 0.222. The zero-order valence-electron chi connectivity index (χ0n) is 12.2. The van der Waals surface area contributed by atoms with Crippen molar-refractivity contribution >= 4 is 23.3 Å². The number of anilines is 1. The molecule has 1 aliphatic heterocycles. The van der Waals surface area contributed by atoms with Crippen molar-refractivity contribution in [3.8, 4) is 5.75 Å². The molecule has 4 nitrogen and oxygen atoms in total. The van der Waals surface area contributed by atoms with Gasteiger partial charge in [-0.1, -0.05) is 35.9 Å². The van der Waals surface area contributed by atoms with E-state index in [-0.39, 0.29) is 12.1 Å². The summed E-state index contributed by atoms with van der Waals surface area (Å²) in [6.45, 7) is 2.34. The van der Waals surface area contributed by atoms with Gasteiger partial charge < -0.3 is 15.4 Å². The van der Waals surface area contributed by atoms with E-state index in [1.807, 2.05) is 43.3 Å². The Morgan fingerprint density at radius 1 is 1.23 bits per heavy atom. The van der Waals surface area contributed by atoms with Crippen LogP contribution < -0.4 is 15.4 Å². The van der Waals surface area contributed by atoms with Crippen molar-refractivity contribution in [1.29, 1.82) is 0 Å². The highest BCUT2D eigenvalue weighted by molar-refractivity contribution is 6.31. The molecule has 0 saturated heterocycles. The molecular formula is C17H17ClN2O2. The number of hydrogen-bond acceptors (Lipinski definition) is 2. The summed E-state index contributed by atoms with van der Waals surface area (Å²) in [4.78, 5) is 12.1. The molecule has 1 heterocycles. The monoisotopic (exact) mass is 316 g/mol. The molecule has 0 unspecified atom stereocenters. The highest BCUT2D eigenvalue weighted by atomic mass is 35.5. The normalized spacial score (nSPS) is 16.4. The Hall–Kier alpha value is -2.20. The molecule has 114 valence electrons. The Morgan fingerprint density at radius 2 is 2.05 bits per heavy atom. The number of ether oxygens (including phenoxy) is 1. The molecule has 1 aliphatic rings. The fraction of sp³-hybridized carbons (Fsp3) is 0.235. The molecular weight excluding hydrogens is 300 g/mol. The van der Waals surface area contributed by atoms with Gasteiger partial charge in [0.05, 0.1) is 6.04 Å². The number of urea groups is 1. The minimum Gasteiger partial charge on any atom is -0.491 e. The lowest BCUT2D eigenvalue weighted by Crippen LogP contribution is -2.44. The lowest BCUT2D eigenvalue weighted by atomic mass is 10.0. The van der Waals surface area contributed by atoms with Crippen LogP contribution in [0.25, 0.3) is 0 Å². The molecule has 0 bridgehead atoms. The van der Waals surface area contributed by atoms with Crippen LogP contribution >= 0.6 is 11.6 Å². The average Bonchev–Trinajstić information content (AvgIpc) is 2.52. The first-order valence-corrected chi connectivity index (χ1v) is 7.54. The number of carbonyl (C=O) groups excluding carboxylic acids is 1. The second kappa shape index (κ2) is 6.28. The Kier molecular flexibility index (Phi) is 4.20. The van der Waals surface area contributed by atoms with Gasteiger partial charge in [0.15, 0.2) is 0 Å². The Morgan fingerprint density at radius 3 is 2.91 bits per heavy atom. The molecule has 2 amide bonds. The van der Waals surface area contributed by atoms with Crippen molar-refractivity contribution in [2.24, 2.45) is 0 Å². The van der Waals surface area contributed by atoms with Gasteiger partial charge in [0.2, 0.25) is 0 Å². The number of halogens is 1. The first-order valence-electron chi connectivity index (χ1n) is 7.17. The fourth-order valence-corrected chi connectivity index (χ4v) is 2.68. The second-order valence-corrected chi connectivity index (χ2v) is 5.74. The maximum Gasteiger partial charge on any atom is 0.319 e. The van der Waals surface area contributed by atoms with Crippen LogP contribution in [-0.4, -0.2) is 18.7 Å². The Labute approximate surface area is 134 Å². The van der Waals surface area contributed by atoms with Crippen molar-refractivity contribution in [2.75, 3.05) is 11.9 Å². The predicted octanol–water partition coefficient (Wildman–Crippen LogP) is 3.77. The van der Waals surface area contributed by atoms with Crippen LogP contribution in [0.1, 0.15) is 11.1 Å². The summed E-state index contributed by atoms with van der Waals surface area (Å²) < 4.78 is 5.67. The van der Waals surface area contributed by atoms with Crippen LogP contribution in [0.2, 0.25) is 5.02 Å². The van der Waals surface area contributed by atoms with Crippen LogP contribution in [-0.2, 0) is 6.42 Å². The predicted molar refractivity (Wildman–Crippen MR) is 87.8 cm³/mol. The molecule has 2 N–H and O–H groups in total. The maximum absolute atomic E-state index is 12.1. The van der Waals surface area contributed by atoms with Gasteiger partial charge in [-0.25, -0.2) is 4.79 Å². The van der Waals surface area contributed by atoms with Crippen LogP contribution in [0.3, 0.4) is 0 Å². The van der Waals surface area contributed by atoms with Gasteiger partial charge in [0.25, 0.3) is 0 Å². The molecule has 1 atom stereocenters. The SMILES string of the molecule is Cc1c(Cl)cccc1NC(=O)N[C@@H]1COc2ccccc2C1. The van der Waals surface area contributed by atoms with Gasteiger partial charge in [0, 0.05) is 10.7 Å². The van der Waals surface area contributed by atoms with Crippen LogP contribution in [0.5, 0.6) is 5.75 Å². The Bertz CT molecular complexity index is 703. The number of amides is 2. The number of carbonyl (C=O) groups is 1. The zero-order valence-corrected chi connectivity index (χ0v) is 13.0. The summed E-state index contributed by atoms with van der Waals surface area (Å²) in [5, 5.41) is 6.40. The van der Waals surface area contributed by atoms with E-state index in [1.165, 1.54) is 0 Å². The molecule has 2 aromatic rings. The summed E-state index contributed by atoms with van der Waals surface area (Å²) in [5.74, 6) is 0.895. The van der Waals surface area contributed by atoms with Crippen molar-refractivity contribution in [3.63, 3.8) is 0 Å². The third-order valence-electron chi connectivity index (χ3n) is 3.73. The van der Waals surface area contributed by atoms with Crippen molar-refractivity contribution in [3.05, 3.63) is 58.6 Å². The van der Waals surface area contributed by atoms with E-state index < -0.39 is 0 Å². The summed E-state index contributed by atoms with van der Waals surface area (Å²) in [6.07, 6.45) is 0.762. The molecule has 2 aromatic carbocycles. The molecule has 5 heteroatoms. The molecule has 0 saturated carbocycles. The minimum absolute atomic E-state index is 0.0469. The number of fused-ring (bicyclic) bond motifs is 1. The first-order chi connectivity index (χ1) is 10.6. The third-order valence-corrected chi connectivity index (χ3v) is 4.14. The number of benzene rings is 2. The van der Waals surface area contributed by atoms with Crippen LogP contribution in [0.4, 0.5) is 10.5 Å². The van der Waals surface area contributed by atoms with E-state index >= 15 is 0 Å². The van der Waals surface area contributed by atoms with Gasteiger partial charge in [-0.15, -0.1) is 0 Å². The lowest BCUT2D eigenvalue weighted by Gasteiger charge is -2.26. The molecule has 0 aromatic heterocycles. The summed E-state index contributed by atoms with van der Waals surface area (Å²) >= 11 is 6.05. The van der Waals surface area contributed by atoms with Crippen LogP contribution in [0, 0.1) is 6.92 Å². The highest BCUT2D eigenvalue weighted by Crippen LogP contribution is 2.25. The van der Waals surface area contributed by atoms with E-state index in [2.05, 4.69) is 10.6 Å². The summed E-state index contributed by atoms with van der Waals surface area (Å²) in [6, 6.07) is 13.0. The molecule has 3 rings (SSSR count). The quantitative estimate of drug-likeness (QED) is 0.886. The van der Waals surface area contributed by atoms with E-state index in [0.717, 1.165) is 23.3 Å². The second-order valence-electron chi connectivity index (χ2n) is 5.33. The van der Waals surface area contributed by atoms with Gasteiger partial charge in [0.1, 0.15) is 12.4 Å². The van der Waals surface area contributed by atoms with Crippen LogP contribution in [0.15, 0.2) is 42.5 Å². The largest absolute Gasteiger partial charge is 0.491 e. The van der Waals surface area contributed by atoms with Gasteiger partial charge in [-0.3, -0.25) is 0 Å². The summed E-state index contributed by atoms with van der Waals surface area (Å²) in [5.41, 5.74) is 2.67. The standard InChI is InChI=1S/C17H17ClN2O2/c1-11-14(18)6-4-7-15(11)20-17(21)19-13-9-12-5-2-3-8-16(12)22-10-13/h2-8,13H,9-10H2,1H3,(H2,19,20,21)/t13-/m0/s1. The van der Waals surface area contributed by atoms with E-state index in [1.54, 1.807) is 6.07 Å². The zero-order chi connectivity index (χ0) is 15.5. The Balaban J connectivity index is 1.62. The average molecular weight is 317 g/mol. The van der Waals surface area contributed by atoms with E-state index in [0.29, 0.717) is 17.3 Å². The smallest absolute Gasteiger partial charge is 0.319 e. The number of rotatable bonds is 2. The fourth-order valence-electron chi connectivity index (χ4n) is 2.51. The van der Waals surface area contributed by atoms with E-state index in [9.17, 15) is 4.79 Å². The molecule has 0 aliphatic carbocycles. The molecule has 0 spiro atoms. The highest BCUT2D eigenvalue weighted by Gasteiger charge is 2.21. The van der Waals surface area contributed by atoms with Crippen molar-refractivity contribution < 1.29 is 9.53 Å². The first kappa shape index (κ1) is 14.7. The van der Waals surface area contributed by atoms with Gasteiger partial charge >= 0.3 is 6.03 Å². The number of para-hydroxylation sites is 1. The van der Waals surface area contributed by atoms with Gasteiger partial charge in [-0.2, -0.15) is 0 Å². The maximum atomic E-state index is 12.1. The van der Waals surface area contributed by atoms with E-state index in [4.69, 9.17) is 16.3 Å². The molecule has 0 fully saturated rings. The third kappa shape index (κ3) is 3.17. The topological polar surface area (TPSA) is 50.4 Å². The van der Waals surface area contributed by atoms with Crippen molar-refractivity contribution in [2.45, 2.75) is 19.4 Å². The number of hydrogen-bond donors (Lipinski definition) is 2.